The van der Waals surface area contributed by atoms with Gasteiger partial charge in [-0.3, -0.25) is 14.9 Å². The van der Waals surface area contributed by atoms with E-state index in [1.165, 1.54) is 17.7 Å². The smallest absolute Gasteiger partial charge is 0.335 e. The van der Waals surface area contributed by atoms with Crippen molar-refractivity contribution in [2.24, 2.45) is 0 Å². The molecule has 1 saturated heterocycles. The van der Waals surface area contributed by atoms with Gasteiger partial charge in [0.05, 0.1) is 12.2 Å². The highest BCUT2D eigenvalue weighted by atomic mass is 35.5. The predicted octanol–water partition coefficient (Wildman–Crippen LogP) is 5.97. The number of hydrogen-bond donors (Lipinski definition) is 1. The van der Waals surface area contributed by atoms with E-state index in [1.807, 2.05) is 67.9 Å². The summed E-state index contributed by atoms with van der Waals surface area (Å²) in [5.74, 6) is -0.627. The number of ether oxygens (including phenoxy) is 1. The molecule has 4 amide bonds. The molecule has 5 rings (SSSR count). The fourth-order valence-corrected chi connectivity index (χ4v) is 4.73. The Kier molecular flexibility index (Phi) is 6.78. The molecule has 1 aliphatic heterocycles. The number of aryl methyl sites for hydroxylation is 3. The van der Waals surface area contributed by atoms with Gasteiger partial charge in [0.1, 0.15) is 17.9 Å². The molecule has 0 atom stereocenters. The van der Waals surface area contributed by atoms with Crippen molar-refractivity contribution in [3.8, 4) is 5.75 Å². The first-order valence-electron chi connectivity index (χ1n) is 12.2. The van der Waals surface area contributed by atoms with E-state index in [2.05, 4.69) is 11.4 Å². The summed E-state index contributed by atoms with van der Waals surface area (Å²) in [7, 11) is 0. The number of amides is 4. The Morgan fingerprint density at radius 2 is 1.74 bits per heavy atom. The van der Waals surface area contributed by atoms with Crippen LogP contribution in [0.4, 0.5) is 10.5 Å². The minimum Gasteiger partial charge on any atom is -0.491 e. The highest BCUT2D eigenvalue weighted by molar-refractivity contribution is 6.39. The second-order valence-electron chi connectivity index (χ2n) is 9.30. The van der Waals surface area contributed by atoms with Crippen molar-refractivity contribution < 1.29 is 19.1 Å². The van der Waals surface area contributed by atoms with Crippen LogP contribution in [-0.2, 0) is 16.1 Å². The van der Waals surface area contributed by atoms with Crippen molar-refractivity contribution in [1.29, 1.82) is 0 Å². The Morgan fingerprint density at radius 3 is 2.50 bits per heavy atom. The summed E-state index contributed by atoms with van der Waals surface area (Å²) >= 11 is 6.22. The molecule has 192 valence electrons. The molecular weight excluding hydrogens is 502 g/mol. The standard InChI is InChI=1S/C30H26ClN3O4/c1-18-8-11-27(20(3)14-18)38-13-12-33-17-21(23-6-4-5-7-26(23)33)15-24-28(35)32-30(37)34(29(24)36)22-10-9-19(2)25(31)16-22/h4-11,14-17H,12-13H2,1-3H3,(H,32,35,37). The Hall–Kier alpha value is -4.36. The molecular formula is C30H26ClN3O4. The lowest BCUT2D eigenvalue weighted by molar-refractivity contribution is -0.122. The Labute approximate surface area is 225 Å². The van der Waals surface area contributed by atoms with E-state index in [4.69, 9.17) is 16.3 Å². The molecule has 0 unspecified atom stereocenters. The highest BCUT2D eigenvalue weighted by Gasteiger charge is 2.37. The summed E-state index contributed by atoms with van der Waals surface area (Å²) in [5.41, 5.74) is 4.82. The van der Waals surface area contributed by atoms with Gasteiger partial charge in [-0.1, -0.05) is 53.6 Å². The first-order chi connectivity index (χ1) is 18.2. The normalized spacial score (nSPS) is 14.9. The maximum Gasteiger partial charge on any atom is 0.335 e. The summed E-state index contributed by atoms with van der Waals surface area (Å²) in [6, 6.07) is 17.8. The van der Waals surface area contributed by atoms with Crippen LogP contribution in [0.15, 0.2) is 72.4 Å². The maximum absolute atomic E-state index is 13.4. The zero-order valence-corrected chi connectivity index (χ0v) is 22.0. The molecule has 1 aromatic heterocycles. The molecule has 8 heteroatoms. The molecule has 0 radical (unpaired) electrons. The van der Waals surface area contributed by atoms with Gasteiger partial charge in [-0.2, -0.15) is 0 Å². The van der Waals surface area contributed by atoms with E-state index in [0.29, 0.717) is 23.7 Å². The van der Waals surface area contributed by atoms with Crippen LogP contribution in [-0.4, -0.2) is 29.0 Å². The first-order valence-corrected chi connectivity index (χ1v) is 12.6. The average Bonchev–Trinajstić information content (AvgIpc) is 3.22. The number of urea groups is 1. The van der Waals surface area contributed by atoms with Crippen LogP contribution in [0.3, 0.4) is 0 Å². The number of barbiturate groups is 1. The van der Waals surface area contributed by atoms with E-state index in [9.17, 15) is 14.4 Å². The van der Waals surface area contributed by atoms with Crippen molar-refractivity contribution in [1.82, 2.24) is 9.88 Å². The second-order valence-corrected chi connectivity index (χ2v) is 9.71. The molecule has 2 heterocycles. The number of carbonyl (C=O) groups is 3. The van der Waals surface area contributed by atoms with E-state index in [0.717, 1.165) is 32.7 Å². The molecule has 1 N–H and O–H groups in total. The molecule has 1 fully saturated rings. The van der Waals surface area contributed by atoms with Gasteiger partial charge in [0.25, 0.3) is 11.8 Å². The Bertz CT molecular complexity index is 1640. The topological polar surface area (TPSA) is 80.6 Å². The lowest BCUT2D eigenvalue weighted by atomic mass is 10.1. The number of nitrogens with one attached hydrogen (secondary N) is 1. The zero-order valence-electron chi connectivity index (χ0n) is 21.2. The largest absolute Gasteiger partial charge is 0.491 e. The number of hydrogen-bond acceptors (Lipinski definition) is 4. The summed E-state index contributed by atoms with van der Waals surface area (Å²) in [4.78, 5) is 39.6. The van der Waals surface area contributed by atoms with Crippen LogP contribution in [0.1, 0.15) is 22.3 Å². The summed E-state index contributed by atoms with van der Waals surface area (Å²) in [5, 5.41) is 3.55. The first kappa shape index (κ1) is 25.3. The summed E-state index contributed by atoms with van der Waals surface area (Å²) in [6.07, 6.45) is 3.41. The van der Waals surface area contributed by atoms with E-state index < -0.39 is 17.8 Å². The summed E-state index contributed by atoms with van der Waals surface area (Å²) < 4.78 is 8.05. The zero-order chi connectivity index (χ0) is 27.0. The molecule has 1 aliphatic rings. The number of imide groups is 2. The maximum atomic E-state index is 13.4. The number of fused-ring (bicyclic) bond motifs is 1. The van der Waals surface area contributed by atoms with Crippen molar-refractivity contribution in [3.05, 3.63) is 99.7 Å². The van der Waals surface area contributed by atoms with E-state index in [-0.39, 0.29) is 11.3 Å². The highest BCUT2D eigenvalue weighted by Crippen LogP contribution is 2.29. The number of para-hydroxylation sites is 1. The van der Waals surface area contributed by atoms with Gasteiger partial charge >= 0.3 is 6.03 Å². The fourth-order valence-electron chi connectivity index (χ4n) is 4.56. The molecule has 7 nitrogen and oxygen atoms in total. The number of halogens is 1. The molecule has 0 spiro atoms. The van der Waals surface area contributed by atoms with Gasteiger partial charge < -0.3 is 9.30 Å². The molecule has 38 heavy (non-hydrogen) atoms. The lowest BCUT2D eigenvalue weighted by Gasteiger charge is -2.26. The SMILES string of the molecule is Cc1ccc(OCCn2cc(C=C3C(=O)NC(=O)N(c4ccc(C)c(Cl)c4)C3=O)c3ccccc32)c(C)c1. The predicted molar refractivity (Wildman–Crippen MR) is 149 cm³/mol. The van der Waals surface area contributed by atoms with E-state index in [1.54, 1.807) is 12.1 Å². The number of carbonyl (C=O) groups excluding carboxylic acids is 3. The third-order valence-electron chi connectivity index (χ3n) is 6.55. The summed E-state index contributed by atoms with van der Waals surface area (Å²) in [6.45, 7) is 6.88. The quantitative estimate of drug-likeness (QED) is 0.247. The Morgan fingerprint density at radius 1 is 0.947 bits per heavy atom. The van der Waals surface area contributed by atoms with Crippen LogP contribution >= 0.6 is 11.6 Å². The van der Waals surface area contributed by atoms with Crippen LogP contribution in [0, 0.1) is 20.8 Å². The number of aromatic nitrogens is 1. The third kappa shape index (κ3) is 4.80. The molecule has 0 aliphatic carbocycles. The monoisotopic (exact) mass is 527 g/mol. The number of nitrogens with zero attached hydrogens (tertiary/aromatic N) is 2. The fraction of sp³-hybridized carbons (Fsp3) is 0.167. The van der Waals surface area contributed by atoms with Gasteiger partial charge in [-0.25, -0.2) is 9.69 Å². The minimum atomic E-state index is -0.817. The van der Waals surface area contributed by atoms with Gasteiger partial charge in [0, 0.05) is 27.7 Å². The van der Waals surface area contributed by atoms with Crippen molar-refractivity contribution >= 4 is 52.1 Å². The van der Waals surface area contributed by atoms with Crippen LogP contribution in [0.2, 0.25) is 5.02 Å². The van der Waals surface area contributed by atoms with Crippen LogP contribution < -0.4 is 15.0 Å². The van der Waals surface area contributed by atoms with Gasteiger partial charge in [-0.05, 0) is 62.2 Å². The lowest BCUT2D eigenvalue weighted by Crippen LogP contribution is -2.54. The third-order valence-corrected chi connectivity index (χ3v) is 6.96. The van der Waals surface area contributed by atoms with Crippen molar-refractivity contribution in [2.45, 2.75) is 27.3 Å². The van der Waals surface area contributed by atoms with Gasteiger partial charge in [-0.15, -0.1) is 0 Å². The van der Waals surface area contributed by atoms with Crippen LogP contribution in [0.25, 0.3) is 17.0 Å². The average molecular weight is 528 g/mol. The molecule has 3 aromatic carbocycles. The van der Waals surface area contributed by atoms with Gasteiger partial charge in [0.2, 0.25) is 0 Å². The molecule has 4 aromatic rings. The second kappa shape index (κ2) is 10.2. The number of benzene rings is 3. The van der Waals surface area contributed by atoms with Crippen molar-refractivity contribution in [2.75, 3.05) is 11.5 Å². The van der Waals surface area contributed by atoms with Crippen LogP contribution in [0.5, 0.6) is 5.75 Å². The molecule has 0 bridgehead atoms. The minimum absolute atomic E-state index is 0.143. The number of anilines is 1. The number of rotatable bonds is 6. The van der Waals surface area contributed by atoms with E-state index >= 15 is 0 Å². The Balaban J connectivity index is 1.45. The van der Waals surface area contributed by atoms with Crippen molar-refractivity contribution in [3.63, 3.8) is 0 Å². The van der Waals surface area contributed by atoms with Gasteiger partial charge in [0.15, 0.2) is 0 Å². The molecule has 0 saturated carbocycles.